The van der Waals surface area contributed by atoms with Crippen LogP contribution in [0.4, 0.5) is 0 Å². The first kappa shape index (κ1) is 51.6. The van der Waals surface area contributed by atoms with Crippen molar-refractivity contribution in [2.45, 2.75) is 108 Å². The normalized spacial score (nSPS) is 14.6. The summed E-state index contributed by atoms with van der Waals surface area (Å²) >= 11 is 0. The van der Waals surface area contributed by atoms with Gasteiger partial charge in [0.1, 0.15) is 48.0 Å². The summed E-state index contributed by atoms with van der Waals surface area (Å²) in [7, 11) is 0. The van der Waals surface area contributed by atoms with Crippen molar-refractivity contribution in [3.63, 3.8) is 0 Å². The maximum Gasteiger partial charge on any atom is 0.325 e. The smallest absolute Gasteiger partial charge is 0.325 e. The Morgan fingerprint density at radius 3 is 1.33 bits per heavy atom. The number of rotatable bonds is 26. The van der Waals surface area contributed by atoms with E-state index >= 15 is 0 Å². The van der Waals surface area contributed by atoms with E-state index in [1.807, 2.05) is 5.32 Å². The Morgan fingerprint density at radius 1 is 0.508 bits per heavy atom. The highest BCUT2D eigenvalue weighted by Crippen LogP contribution is 2.12. The number of amides is 9. The van der Waals surface area contributed by atoms with Gasteiger partial charge in [-0.1, -0.05) is 12.1 Å². The summed E-state index contributed by atoms with van der Waals surface area (Å²) in [6.45, 7) is 3.64. The van der Waals surface area contributed by atoms with Crippen LogP contribution in [0.25, 0.3) is 0 Å². The molecule has 0 saturated heterocycles. The number of carboxylic acids is 3. The fourth-order valence-electron chi connectivity index (χ4n) is 4.99. The molecule has 0 spiro atoms. The van der Waals surface area contributed by atoms with Gasteiger partial charge in [-0.25, -0.2) is 0 Å². The van der Waals surface area contributed by atoms with Crippen LogP contribution in [0.2, 0.25) is 0 Å². The zero-order valence-electron chi connectivity index (χ0n) is 33.1. The van der Waals surface area contributed by atoms with Crippen molar-refractivity contribution in [3.05, 3.63) is 29.8 Å². The van der Waals surface area contributed by atoms with E-state index in [2.05, 4.69) is 31.9 Å². The van der Waals surface area contributed by atoms with Crippen molar-refractivity contribution in [3.8, 4) is 5.75 Å². The van der Waals surface area contributed by atoms with Crippen molar-refractivity contribution < 1.29 is 78.0 Å². The topological polar surface area (TPSA) is 448 Å². The van der Waals surface area contributed by atoms with E-state index in [1.54, 1.807) is 0 Å². The third kappa shape index (κ3) is 19.3. The maximum absolute atomic E-state index is 13.6. The number of carbonyl (C=O) groups excluding carboxylic acids is 9. The molecule has 0 aliphatic carbocycles. The second-order valence-electron chi connectivity index (χ2n) is 13.6. The molecular weight excluding hydrogens is 816 g/mol. The molecule has 0 aliphatic rings. The zero-order chi connectivity index (χ0) is 46.7. The number of hydrogen-bond acceptors (Lipinski definition) is 14. The highest BCUT2D eigenvalue weighted by Gasteiger charge is 2.35. The second-order valence-corrected chi connectivity index (χ2v) is 13.6. The molecule has 0 fully saturated rings. The third-order valence-electron chi connectivity index (χ3n) is 8.27. The van der Waals surface area contributed by atoms with Gasteiger partial charge in [-0.2, -0.15) is 0 Å². The Balaban J connectivity index is 3.42. The Morgan fingerprint density at radius 2 is 0.902 bits per heavy atom. The third-order valence-corrected chi connectivity index (χ3v) is 8.27. The molecule has 8 atom stereocenters. The molecule has 61 heavy (non-hydrogen) atoms. The predicted octanol–water partition coefficient (Wildman–Crippen LogP) is -6.11. The summed E-state index contributed by atoms with van der Waals surface area (Å²) in [6.07, 6.45) is -4.93. The molecule has 0 unspecified atom stereocenters. The van der Waals surface area contributed by atoms with Crippen molar-refractivity contribution in [2.75, 3.05) is 0 Å². The van der Waals surface area contributed by atoms with E-state index in [-0.39, 0.29) is 12.2 Å². The van der Waals surface area contributed by atoms with Gasteiger partial charge in [0.05, 0.1) is 25.3 Å². The van der Waals surface area contributed by atoms with Gasteiger partial charge in [-0.3, -0.25) is 57.5 Å². The van der Waals surface area contributed by atoms with Crippen molar-refractivity contribution in [1.29, 1.82) is 0 Å². The van der Waals surface area contributed by atoms with Crippen LogP contribution in [0.15, 0.2) is 24.3 Å². The number of phenolic OH excluding ortho intramolecular Hbond substituents is 1. The molecule has 336 valence electrons. The van der Waals surface area contributed by atoms with E-state index in [1.165, 1.54) is 38.1 Å². The summed E-state index contributed by atoms with van der Waals surface area (Å²) in [5.74, 6) is -15.3. The molecule has 26 heteroatoms. The van der Waals surface area contributed by atoms with Crippen molar-refractivity contribution in [2.24, 2.45) is 17.2 Å². The fraction of sp³-hybridized carbons (Fsp3) is 0.486. The molecule has 0 aliphatic heterocycles. The summed E-state index contributed by atoms with van der Waals surface area (Å²) in [5.41, 5.74) is 16.3. The van der Waals surface area contributed by atoms with Crippen molar-refractivity contribution in [1.82, 2.24) is 37.2 Å². The predicted molar refractivity (Wildman–Crippen MR) is 205 cm³/mol. The first-order chi connectivity index (χ1) is 28.3. The molecule has 0 saturated carbocycles. The monoisotopic (exact) mass is 866 g/mol. The van der Waals surface area contributed by atoms with E-state index in [4.69, 9.17) is 17.2 Å². The Hall–Kier alpha value is -7.38. The van der Waals surface area contributed by atoms with Crippen LogP contribution in [0, 0.1) is 0 Å². The number of benzene rings is 1. The number of primary amides is 2. The lowest BCUT2D eigenvalue weighted by Crippen LogP contribution is -2.60. The minimum Gasteiger partial charge on any atom is -0.508 e. The Bertz CT molecular complexity index is 1840. The number of nitrogens with one attached hydrogen (secondary N) is 7. The minimum absolute atomic E-state index is 0.147. The lowest BCUT2D eigenvalue weighted by Gasteiger charge is -2.27. The molecule has 17 N–H and O–H groups in total. The molecule has 0 radical (unpaired) electrons. The van der Waals surface area contributed by atoms with Gasteiger partial charge in [0.15, 0.2) is 0 Å². The number of aliphatic carboxylic acids is 3. The quantitative estimate of drug-likeness (QED) is 0.0412. The largest absolute Gasteiger partial charge is 0.508 e. The number of carboxylic acid groups (broad SMARTS) is 3. The lowest BCUT2D eigenvalue weighted by molar-refractivity contribution is -0.142. The molecule has 0 heterocycles. The minimum atomic E-state index is -2.09. The van der Waals surface area contributed by atoms with E-state index < -0.39 is 152 Å². The van der Waals surface area contributed by atoms with Crippen LogP contribution in [0.1, 0.15) is 58.4 Å². The number of hydrogen-bond donors (Lipinski definition) is 14. The number of nitrogens with two attached hydrogens (primary N) is 3. The number of aromatic hydroxyl groups is 1. The average molecular weight is 867 g/mol. The van der Waals surface area contributed by atoms with E-state index in [9.17, 15) is 78.0 Å². The van der Waals surface area contributed by atoms with Gasteiger partial charge in [-0.15, -0.1) is 0 Å². The standard InChI is InChI=1S/C35H50N10O16/c1-14(36)28(53)39-15(2)29(54)42-21(11-24(37)47)32(57)45-23(13-27(51)52)34(59)41-19(8-9-26(49)50)30(55)44-22(12-25(38)48)33(58)43-20(31(56)40-16(3)35(60)61)10-17-4-6-18(46)7-5-17/h4-7,14-16,19-23,46H,8-13,36H2,1-3H3,(H2,37,47)(H2,38,48)(H,39,53)(H,40,56)(H,41,59)(H,42,54)(H,43,58)(H,44,55)(H,45,57)(H,49,50)(H,51,52)(H,60,61)/t14-,15-,16-,19-,20-,21-,22-,23-/m0/s1. The Kier molecular flexibility index (Phi) is 20.8. The van der Waals surface area contributed by atoms with Crippen LogP contribution in [0.3, 0.4) is 0 Å². The zero-order valence-corrected chi connectivity index (χ0v) is 33.1. The number of phenols is 1. The van der Waals surface area contributed by atoms with Gasteiger partial charge >= 0.3 is 17.9 Å². The van der Waals surface area contributed by atoms with Crippen LogP contribution < -0.4 is 54.4 Å². The van der Waals surface area contributed by atoms with Crippen LogP contribution in [0.5, 0.6) is 5.75 Å². The molecule has 1 aromatic rings. The van der Waals surface area contributed by atoms with E-state index in [0.29, 0.717) is 5.56 Å². The summed E-state index contributed by atoms with van der Waals surface area (Å²) < 4.78 is 0. The summed E-state index contributed by atoms with van der Waals surface area (Å²) in [5, 5.41) is 52.7. The molecule has 9 amide bonds. The van der Waals surface area contributed by atoms with Crippen molar-refractivity contribution >= 4 is 71.1 Å². The highest BCUT2D eigenvalue weighted by atomic mass is 16.4. The average Bonchev–Trinajstić information content (AvgIpc) is 3.14. The van der Waals surface area contributed by atoms with Crippen LogP contribution in [-0.2, 0) is 64.0 Å². The van der Waals surface area contributed by atoms with Gasteiger partial charge in [0.2, 0.25) is 53.2 Å². The summed E-state index contributed by atoms with van der Waals surface area (Å²) in [6, 6.07) is -7.94. The van der Waals surface area contributed by atoms with Crippen LogP contribution in [-0.4, -0.2) is 140 Å². The molecule has 1 rings (SSSR count). The van der Waals surface area contributed by atoms with Crippen LogP contribution >= 0.6 is 0 Å². The Labute approximate surface area is 346 Å². The molecular formula is C35H50N10O16. The lowest BCUT2D eigenvalue weighted by atomic mass is 10.0. The first-order valence-electron chi connectivity index (χ1n) is 18.2. The number of carbonyl (C=O) groups is 12. The SMILES string of the molecule is C[C@H](N)C(=O)N[C@@H](C)C(=O)N[C@@H](CC(N)=O)C(=O)N[C@@H](CC(=O)O)C(=O)N[C@@H](CCC(=O)O)C(=O)N[C@@H](CC(N)=O)C(=O)N[C@@H](Cc1ccc(O)cc1)C(=O)N[C@@H](C)C(=O)O. The molecule has 26 nitrogen and oxygen atoms in total. The molecule has 0 bridgehead atoms. The first-order valence-corrected chi connectivity index (χ1v) is 18.2. The second kappa shape index (κ2) is 24.5. The van der Waals surface area contributed by atoms with Gasteiger partial charge in [-0.05, 0) is 44.9 Å². The van der Waals surface area contributed by atoms with Gasteiger partial charge in [0, 0.05) is 12.8 Å². The summed E-state index contributed by atoms with van der Waals surface area (Å²) in [4.78, 5) is 150. The van der Waals surface area contributed by atoms with Gasteiger partial charge in [0.25, 0.3) is 0 Å². The fourth-order valence-corrected chi connectivity index (χ4v) is 4.99. The highest BCUT2D eigenvalue weighted by molar-refractivity contribution is 6.00. The molecule has 1 aromatic carbocycles. The van der Waals surface area contributed by atoms with E-state index in [0.717, 1.165) is 6.92 Å². The molecule has 0 aromatic heterocycles. The maximum atomic E-state index is 13.6. The van der Waals surface area contributed by atoms with Gasteiger partial charge < -0.3 is 74.8 Å².